The minimum Gasteiger partial charge on any atom is -0.376 e. The summed E-state index contributed by atoms with van der Waals surface area (Å²) in [7, 11) is 0. The number of rotatable bonds is 4. The summed E-state index contributed by atoms with van der Waals surface area (Å²) in [6.45, 7) is 3.26. The monoisotopic (exact) mass is 172 g/mol. The Bertz CT molecular complexity index is 148. The first kappa shape index (κ1) is 9.35. The van der Waals surface area contributed by atoms with Crippen LogP contribution in [-0.2, 0) is 14.2 Å². The highest BCUT2D eigenvalue weighted by Gasteiger charge is 2.26. The van der Waals surface area contributed by atoms with Crippen molar-refractivity contribution in [2.45, 2.75) is 12.2 Å². The van der Waals surface area contributed by atoms with E-state index in [1.807, 2.05) is 0 Å². The molecule has 0 radical (unpaired) electrons. The molecule has 0 aromatic carbocycles. The van der Waals surface area contributed by atoms with Crippen LogP contribution in [-0.4, -0.2) is 44.6 Å². The van der Waals surface area contributed by atoms with Gasteiger partial charge in [0.05, 0.1) is 32.4 Å². The van der Waals surface area contributed by atoms with E-state index in [2.05, 4.69) is 0 Å². The van der Waals surface area contributed by atoms with Gasteiger partial charge in [-0.15, -0.1) is 0 Å². The molecule has 2 aliphatic heterocycles. The molecule has 0 saturated carbocycles. The molecule has 2 N–H and O–H groups in total. The Balaban J connectivity index is 0.000000213. The summed E-state index contributed by atoms with van der Waals surface area (Å²) >= 11 is 0. The Morgan fingerprint density at radius 2 is 1.50 bits per heavy atom. The lowest BCUT2D eigenvalue weighted by atomic mass is 10.5. The summed E-state index contributed by atoms with van der Waals surface area (Å²) in [5.41, 5.74) is 0. The van der Waals surface area contributed by atoms with Gasteiger partial charge in [-0.2, -0.15) is 0 Å². The van der Waals surface area contributed by atoms with Gasteiger partial charge in [0.2, 0.25) is 0 Å². The van der Waals surface area contributed by atoms with E-state index in [1.165, 1.54) is 6.01 Å². The van der Waals surface area contributed by atoms with Crippen molar-refractivity contribution in [2.24, 2.45) is 0 Å². The van der Waals surface area contributed by atoms with Gasteiger partial charge in [-0.3, -0.25) is 0 Å². The zero-order valence-electron chi connectivity index (χ0n) is 6.71. The maximum atomic E-state index is 5.62. The average molecular weight is 172 g/mol. The minimum absolute atomic E-state index is 0.392. The van der Waals surface area contributed by atoms with Gasteiger partial charge in [0.25, 0.3) is 0 Å². The summed E-state index contributed by atoms with van der Waals surface area (Å²) in [6, 6.07) is 1.25. The van der Waals surface area contributed by atoms with Crippen molar-refractivity contribution in [3.8, 4) is 0 Å². The van der Waals surface area contributed by atoms with Crippen molar-refractivity contribution >= 4 is 6.01 Å². The molecule has 0 aliphatic carbocycles. The number of epoxide rings is 2. The molecular formula is C7H12N2O3. The van der Waals surface area contributed by atoms with Crippen LogP contribution in [0.4, 0.5) is 0 Å². The third-order valence-corrected chi connectivity index (χ3v) is 1.41. The highest BCUT2D eigenvalue weighted by Crippen LogP contribution is 2.12. The number of ether oxygens (including phenoxy) is 3. The van der Waals surface area contributed by atoms with E-state index >= 15 is 0 Å². The fourth-order valence-corrected chi connectivity index (χ4v) is 0.659. The van der Waals surface area contributed by atoms with E-state index in [4.69, 9.17) is 25.0 Å². The highest BCUT2D eigenvalue weighted by molar-refractivity contribution is 5.29. The number of nitrogens with one attached hydrogen (secondary N) is 2. The van der Waals surface area contributed by atoms with Gasteiger partial charge in [0, 0.05) is 0 Å². The first-order chi connectivity index (χ1) is 5.86. The molecule has 68 valence electrons. The lowest BCUT2D eigenvalue weighted by Gasteiger charge is -1.95. The topological polar surface area (TPSA) is 82.0 Å². The lowest BCUT2D eigenvalue weighted by molar-refractivity contribution is 0.102. The molecule has 2 heterocycles. The second-order valence-electron chi connectivity index (χ2n) is 2.57. The molecular weight excluding hydrogens is 160 g/mol. The van der Waals surface area contributed by atoms with Crippen LogP contribution in [0, 0.1) is 10.8 Å². The molecule has 5 heteroatoms. The Morgan fingerprint density at radius 3 is 1.75 bits per heavy atom. The molecule has 2 fully saturated rings. The molecule has 12 heavy (non-hydrogen) atoms. The van der Waals surface area contributed by atoms with Crippen LogP contribution in [0.2, 0.25) is 0 Å². The van der Waals surface area contributed by atoms with Gasteiger partial charge in [-0.25, -0.2) is 10.8 Å². The predicted octanol–water partition coefficient (Wildman–Crippen LogP) is 0.118. The maximum absolute atomic E-state index is 5.62. The van der Waals surface area contributed by atoms with Gasteiger partial charge >= 0.3 is 0 Å². The highest BCUT2D eigenvalue weighted by atomic mass is 16.6. The maximum Gasteiger partial charge on any atom is 0.104 e. The fraction of sp³-hybridized carbons (Fsp3) is 0.857. The Kier molecular flexibility index (Phi) is 3.90. The normalized spacial score (nSPS) is 29.7. The molecule has 0 amide bonds. The fourth-order valence-electron chi connectivity index (χ4n) is 0.659. The SMILES string of the molecule is C(OCC1CO1)C1CO1.N=C=N. The van der Waals surface area contributed by atoms with Crippen LogP contribution in [0.15, 0.2) is 0 Å². The van der Waals surface area contributed by atoms with Gasteiger partial charge in [0.1, 0.15) is 12.2 Å². The van der Waals surface area contributed by atoms with Gasteiger partial charge in [0.15, 0.2) is 0 Å². The molecule has 0 bridgehead atoms. The van der Waals surface area contributed by atoms with Crippen LogP contribution < -0.4 is 0 Å². The van der Waals surface area contributed by atoms with E-state index in [1.54, 1.807) is 0 Å². The molecule has 5 nitrogen and oxygen atoms in total. The Labute approximate surface area is 70.6 Å². The molecule has 2 rings (SSSR count). The largest absolute Gasteiger partial charge is 0.376 e. The summed E-state index contributed by atoms with van der Waals surface area (Å²) < 4.78 is 15.1. The third kappa shape index (κ3) is 4.98. The van der Waals surface area contributed by atoms with Crippen LogP contribution in [0.5, 0.6) is 0 Å². The third-order valence-electron chi connectivity index (χ3n) is 1.41. The Morgan fingerprint density at radius 1 is 1.17 bits per heavy atom. The summed E-state index contributed by atoms with van der Waals surface area (Å²) in [6.07, 6.45) is 0.785. The molecule has 2 atom stereocenters. The van der Waals surface area contributed by atoms with Crippen LogP contribution in [0.3, 0.4) is 0 Å². The number of hydrogen-bond donors (Lipinski definition) is 2. The van der Waals surface area contributed by atoms with E-state index in [0.29, 0.717) is 12.2 Å². The van der Waals surface area contributed by atoms with Gasteiger partial charge in [-0.1, -0.05) is 0 Å². The van der Waals surface area contributed by atoms with Crippen molar-refractivity contribution < 1.29 is 14.2 Å². The Hall–Kier alpha value is -0.740. The average Bonchev–Trinajstić information content (AvgIpc) is 2.82. The molecule has 2 aliphatic rings. The predicted molar refractivity (Wildman–Crippen MR) is 40.7 cm³/mol. The van der Waals surface area contributed by atoms with Crippen LogP contribution >= 0.6 is 0 Å². The molecule has 0 spiro atoms. The van der Waals surface area contributed by atoms with Crippen molar-refractivity contribution in [3.63, 3.8) is 0 Å². The second-order valence-corrected chi connectivity index (χ2v) is 2.57. The molecule has 0 aromatic rings. The standard InChI is InChI=1S/C6H10O3.CH2N2/c1(5-3-8-5)7-2-6-4-9-6;2-1-3/h5-6H,1-4H2;2-3H. The molecule has 2 unspecified atom stereocenters. The van der Waals surface area contributed by atoms with Gasteiger partial charge < -0.3 is 14.2 Å². The summed E-state index contributed by atoms with van der Waals surface area (Å²) in [5, 5.41) is 11.2. The number of hydrogen-bond acceptors (Lipinski definition) is 5. The van der Waals surface area contributed by atoms with Crippen LogP contribution in [0.1, 0.15) is 0 Å². The first-order valence-corrected chi connectivity index (χ1v) is 3.76. The minimum atomic E-state index is 0.392. The van der Waals surface area contributed by atoms with E-state index in [0.717, 1.165) is 26.4 Å². The van der Waals surface area contributed by atoms with Gasteiger partial charge in [-0.05, 0) is 0 Å². The van der Waals surface area contributed by atoms with Crippen molar-refractivity contribution in [1.82, 2.24) is 0 Å². The van der Waals surface area contributed by atoms with Crippen LogP contribution in [0.25, 0.3) is 0 Å². The lowest BCUT2D eigenvalue weighted by Crippen LogP contribution is -2.06. The van der Waals surface area contributed by atoms with E-state index < -0.39 is 0 Å². The quantitative estimate of drug-likeness (QED) is 0.466. The second kappa shape index (κ2) is 5.00. The zero-order chi connectivity index (χ0) is 8.81. The zero-order valence-corrected chi connectivity index (χ0v) is 6.71. The smallest absolute Gasteiger partial charge is 0.104 e. The molecule has 2 saturated heterocycles. The van der Waals surface area contributed by atoms with Crippen molar-refractivity contribution in [3.05, 3.63) is 0 Å². The first-order valence-electron chi connectivity index (χ1n) is 3.76. The van der Waals surface area contributed by atoms with E-state index in [9.17, 15) is 0 Å². The summed E-state index contributed by atoms with van der Waals surface area (Å²) in [5.74, 6) is 0. The summed E-state index contributed by atoms with van der Waals surface area (Å²) in [4.78, 5) is 0. The van der Waals surface area contributed by atoms with E-state index in [-0.39, 0.29) is 0 Å². The molecule has 0 aromatic heterocycles. The van der Waals surface area contributed by atoms with Crippen molar-refractivity contribution in [2.75, 3.05) is 26.4 Å². The van der Waals surface area contributed by atoms with Crippen molar-refractivity contribution in [1.29, 1.82) is 10.8 Å².